The van der Waals surface area contributed by atoms with Gasteiger partial charge in [-0.05, 0) is 87.5 Å². The van der Waals surface area contributed by atoms with Crippen LogP contribution < -0.4 is 20.7 Å². The summed E-state index contributed by atoms with van der Waals surface area (Å²) in [6.45, 7) is 0. The number of hydrogen-bond donors (Lipinski definition) is 0. The van der Waals surface area contributed by atoms with Crippen molar-refractivity contribution in [3.63, 3.8) is 0 Å². The molecule has 3 nitrogen and oxygen atoms in total. The van der Waals surface area contributed by atoms with Crippen LogP contribution >= 0.6 is 0 Å². The van der Waals surface area contributed by atoms with E-state index in [2.05, 4.69) is 262 Å². The SMILES string of the molecule is c1ccc(-n2c3ccccc3c3ccc([Si](c4ccccc4)(c4ccccc4)c4cccc(-n5c6ccccc6c6c5ccc5c7ccccc7n(-c7ccccc7)c56)c4)cc32)cc1. The molecule has 3 aromatic heterocycles. The number of nitrogens with zero attached hydrogens (tertiary/aromatic N) is 3. The second kappa shape index (κ2) is 14.5. The Morgan fingerprint density at radius 1 is 0.234 bits per heavy atom. The molecule has 300 valence electrons. The fraction of sp³-hybridized carbons (Fsp3) is 0. The zero-order valence-electron chi connectivity index (χ0n) is 35.0. The number of hydrogen-bond acceptors (Lipinski definition) is 0. The fourth-order valence-corrected chi connectivity index (χ4v) is 15.7. The molecule has 0 amide bonds. The van der Waals surface area contributed by atoms with Crippen molar-refractivity contribution in [1.82, 2.24) is 13.7 Å². The molecule has 0 aliphatic carbocycles. The van der Waals surface area contributed by atoms with Crippen molar-refractivity contribution in [3.8, 4) is 17.1 Å². The van der Waals surface area contributed by atoms with Crippen molar-refractivity contribution >= 4 is 94.2 Å². The van der Waals surface area contributed by atoms with E-state index in [9.17, 15) is 0 Å². The summed E-state index contributed by atoms with van der Waals surface area (Å²) in [4.78, 5) is 0. The van der Waals surface area contributed by atoms with Crippen LogP contribution in [0.2, 0.25) is 0 Å². The van der Waals surface area contributed by atoms with E-state index in [-0.39, 0.29) is 0 Å². The van der Waals surface area contributed by atoms with Crippen LogP contribution in [-0.2, 0) is 0 Å². The first-order valence-electron chi connectivity index (χ1n) is 22.1. The summed E-state index contributed by atoms with van der Waals surface area (Å²) in [5, 5.41) is 12.9. The molecule has 0 fully saturated rings. The largest absolute Gasteiger partial charge is 0.309 e. The normalized spacial score (nSPS) is 12.1. The smallest absolute Gasteiger partial charge is 0.179 e. The summed E-state index contributed by atoms with van der Waals surface area (Å²) in [7, 11) is -3.02. The van der Waals surface area contributed by atoms with Crippen molar-refractivity contribution in [3.05, 3.63) is 249 Å². The second-order valence-electron chi connectivity index (χ2n) is 16.8. The van der Waals surface area contributed by atoms with Gasteiger partial charge in [0.05, 0.1) is 33.1 Å². The van der Waals surface area contributed by atoms with Gasteiger partial charge in [0.15, 0.2) is 8.07 Å². The van der Waals surface area contributed by atoms with Gasteiger partial charge in [0.1, 0.15) is 0 Å². The predicted octanol–water partition coefficient (Wildman–Crippen LogP) is 12.4. The van der Waals surface area contributed by atoms with Gasteiger partial charge in [0.2, 0.25) is 0 Å². The van der Waals surface area contributed by atoms with Crippen LogP contribution in [0.1, 0.15) is 0 Å². The highest BCUT2D eigenvalue weighted by Gasteiger charge is 2.42. The second-order valence-corrected chi connectivity index (χ2v) is 20.7. The molecule has 13 aromatic rings. The maximum Gasteiger partial charge on any atom is 0.179 e. The van der Waals surface area contributed by atoms with E-state index in [1.807, 2.05) is 0 Å². The van der Waals surface area contributed by atoms with Crippen LogP contribution in [0.5, 0.6) is 0 Å². The summed E-state index contributed by atoms with van der Waals surface area (Å²) in [5.41, 5.74) is 10.7. The highest BCUT2D eigenvalue weighted by molar-refractivity contribution is 7.20. The topological polar surface area (TPSA) is 14.8 Å². The average Bonchev–Trinajstić information content (AvgIpc) is 4.01. The van der Waals surface area contributed by atoms with Gasteiger partial charge in [-0.1, -0.05) is 182 Å². The lowest BCUT2D eigenvalue weighted by atomic mass is 10.1. The third kappa shape index (κ3) is 5.27. The standard InChI is InChI=1S/C60H41N3Si/c1-5-20-42(21-6-1)61-54-33-16-13-30-49(54)51-37-36-48(41-58(51)61)64(45-25-9-3-10-26-45,46-27-11-4-12-28-46)47-29-19-24-44(40-47)62-56-35-18-15-32-53(56)59-57(62)39-38-52-50-31-14-17-34-55(50)63(60(52)59)43-22-7-2-8-23-43/h1-41H. The van der Waals surface area contributed by atoms with E-state index in [0.29, 0.717) is 0 Å². The molecule has 0 saturated carbocycles. The monoisotopic (exact) mass is 831 g/mol. The fourth-order valence-electron chi connectivity index (χ4n) is 10.9. The molecule has 13 rings (SSSR count). The molecule has 0 spiro atoms. The molecule has 0 atom stereocenters. The molecule has 0 radical (unpaired) electrons. The van der Waals surface area contributed by atoms with Crippen molar-refractivity contribution in [1.29, 1.82) is 0 Å². The number of aromatic nitrogens is 3. The Hall–Kier alpha value is -8.18. The van der Waals surface area contributed by atoms with Crippen LogP contribution in [0.4, 0.5) is 0 Å². The number of rotatable bonds is 7. The Bertz CT molecular complexity index is 3840. The molecular weight excluding hydrogens is 791 g/mol. The lowest BCUT2D eigenvalue weighted by Crippen LogP contribution is -2.74. The number of benzene rings is 10. The van der Waals surface area contributed by atoms with Crippen molar-refractivity contribution in [2.24, 2.45) is 0 Å². The maximum absolute atomic E-state index is 3.02. The van der Waals surface area contributed by atoms with Crippen molar-refractivity contribution < 1.29 is 0 Å². The lowest BCUT2D eigenvalue weighted by Gasteiger charge is -2.35. The Balaban J connectivity index is 1.12. The lowest BCUT2D eigenvalue weighted by molar-refractivity contribution is 1.18. The minimum absolute atomic E-state index is 1.15. The molecule has 64 heavy (non-hydrogen) atoms. The van der Waals surface area contributed by atoms with Gasteiger partial charge >= 0.3 is 0 Å². The first-order valence-corrected chi connectivity index (χ1v) is 24.1. The van der Waals surface area contributed by atoms with E-state index in [0.717, 1.165) is 17.1 Å². The Morgan fingerprint density at radius 2 is 0.656 bits per heavy atom. The molecule has 4 heteroatoms. The van der Waals surface area contributed by atoms with E-state index < -0.39 is 8.07 Å². The molecule has 0 N–H and O–H groups in total. The van der Waals surface area contributed by atoms with Gasteiger partial charge in [-0.25, -0.2) is 0 Å². The summed E-state index contributed by atoms with van der Waals surface area (Å²) in [6.07, 6.45) is 0. The van der Waals surface area contributed by atoms with Crippen LogP contribution in [0.15, 0.2) is 249 Å². The van der Waals surface area contributed by atoms with Crippen molar-refractivity contribution in [2.45, 2.75) is 0 Å². The van der Waals surface area contributed by atoms with Crippen molar-refractivity contribution in [2.75, 3.05) is 0 Å². The van der Waals surface area contributed by atoms with E-state index >= 15 is 0 Å². The molecule has 3 heterocycles. The predicted molar refractivity (Wildman–Crippen MR) is 273 cm³/mol. The summed E-state index contributed by atoms with van der Waals surface area (Å²) in [6, 6.07) is 92.4. The van der Waals surface area contributed by atoms with Crippen LogP contribution in [0, 0.1) is 0 Å². The Kier molecular flexibility index (Phi) is 8.23. The Labute approximate surface area is 372 Å². The molecule has 0 aliphatic rings. The van der Waals surface area contributed by atoms with Gasteiger partial charge in [-0.15, -0.1) is 0 Å². The molecule has 0 aliphatic heterocycles. The molecule has 0 unspecified atom stereocenters. The zero-order chi connectivity index (χ0) is 42.2. The molecule has 0 bridgehead atoms. The highest BCUT2D eigenvalue weighted by atomic mass is 28.3. The first kappa shape index (κ1) is 36.5. The third-order valence-corrected chi connectivity index (χ3v) is 18.3. The highest BCUT2D eigenvalue weighted by Crippen LogP contribution is 2.42. The summed E-state index contributed by atoms with van der Waals surface area (Å²) in [5.74, 6) is 0. The van der Waals surface area contributed by atoms with Crippen LogP contribution in [-0.4, -0.2) is 21.8 Å². The third-order valence-electron chi connectivity index (χ3n) is 13.6. The minimum Gasteiger partial charge on any atom is -0.309 e. The molecule has 0 saturated heterocycles. The maximum atomic E-state index is 2.51. The molecular formula is C60H41N3Si. The van der Waals surface area contributed by atoms with E-state index in [4.69, 9.17) is 0 Å². The quantitative estimate of drug-likeness (QED) is 0.112. The Morgan fingerprint density at radius 3 is 1.30 bits per heavy atom. The van der Waals surface area contributed by atoms with Crippen LogP contribution in [0.25, 0.3) is 82.5 Å². The zero-order valence-corrected chi connectivity index (χ0v) is 36.0. The van der Waals surface area contributed by atoms with E-state index in [1.54, 1.807) is 0 Å². The van der Waals surface area contributed by atoms with E-state index in [1.165, 1.54) is 86.2 Å². The summed E-state index contributed by atoms with van der Waals surface area (Å²) >= 11 is 0. The van der Waals surface area contributed by atoms with Crippen LogP contribution in [0.3, 0.4) is 0 Å². The summed E-state index contributed by atoms with van der Waals surface area (Å²) < 4.78 is 7.42. The number of fused-ring (bicyclic) bond motifs is 10. The molecule has 10 aromatic carbocycles. The van der Waals surface area contributed by atoms with Gasteiger partial charge < -0.3 is 13.7 Å². The van der Waals surface area contributed by atoms with Gasteiger partial charge in [0.25, 0.3) is 0 Å². The average molecular weight is 832 g/mol. The minimum atomic E-state index is -3.02. The van der Waals surface area contributed by atoms with Gasteiger partial charge in [-0.3, -0.25) is 0 Å². The first-order chi connectivity index (χ1) is 31.8. The number of para-hydroxylation sites is 5. The van der Waals surface area contributed by atoms with Gasteiger partial charge in [0, 0.05) is 49.4 Å². The van der Waals surface area contributed by atoms with Gasteiger partial charge in [-0.2, -0.15) is 0 Å².